The number of phenolic OH excluding ortho intramolecular Hbond substituents is 1. The summed E-state index contributed by atoms with van der Waals surface area (Å²) < 4.78 is 6.35. The van der Waals surface area contributed by atoms with Crippen LogP contribution in [0.1, 0.15) is 50.8 Å². The van der Waals surface area contributed by atoms with Crippen LogP contribution >= 0.6 is 0 Å². The molecule has 0 spiro atoms. The zero-order valence-corrected chi connectivity index (χ0v) is 21.8. The molecule has 1 aromatic carbocycles. The van der Waals surface area contributed by atoms with Crippen molar-refractivity contribution in [2.75, 3.05) is 7.11 Å². The van der Waals surface area contributed by atoms with Gasteiger partial charge in [-0.3, -0.25) is 24.3 Å². The van der Waals surface area contributed by atoms with E-state index in [1.807, 2.05) is 13.8 Å². The fourth-order valence-corrected chi connectivity index (χ4v) is 3.79. The van der Waals surface area contributed by atoms with E-state index in [2.05, 4.69) is 20.9 Å². The van der Waals surface area contributed by atoms with Crippen molar-refractivity contribution in [1.29, 1.82) is 0 Å². The molecule has 0 aliphatic heterocycles. The monoisotopic (exact) mass is 532 g/mol. The number of amides is 3. The number of aromatic nitrogens is 3. The number of benzene rings is 1. The van der Waals surface area contributed by atoms with Crippen LogP contribution in [0.25, 0.3) is 0 Å². The number of hydrogen-bond acceptors (Lipinski definition) is 9. The minimum atomic E-state index is -0.860. The van der Waals surface area contributed by atoms with E-state index in [1.165, 1.54) is 19.2 Å². The molecule has 38 heavy (non-hydrogen) atoms. The number of carbonyl (C=O) groups is 4. The molecule has 0 saturated heterocycles. The minimum absolute atomic E-state index is 0.0611. The van der Waals surface area contributed by atoms with Gasteiger partial charge >= 0.3 is 5.97 Å². The first-order valence-corrected chi connectivity index (χ1v) is 12.4. The third-order valence-electron chi connectivity index (χ3n) is 6.22. The van der Waals surface area contributed by atoms with Crippen molar-refractivity contribution in [2.24, 2.45) is 11.8 Å². The maximum Gasteiger partial charge on any atom is 0.328 e. The van der Waals surface area contributed by atoms with E-state index in [0.29, 0.717) is 25.1 Å². The quantitative estimate of drug-likeness (QED) is 0.126. The van der Waals surface area contributed by atoms with Gasteiger partial charge in [0.1, 0.15) is 17.5 Å². The first-order chi connectivity index (χ1) is 18.2. The average Bonchev–Trinajstić information content (AvgIpc) is 3.37. The summed E-state index contributed by atoms with van der Waals surface area (Å²) in [7, 11) is 1.25. The fourth-order valence-electron chi connectivity index (χ4n) is 3.79. The van der Waals surface area contributed by atoms with E-state index in [4.69, 9.17) is 9.94 Å². The van der Waals surface area contributed by atoms with Crippen LogP contribution in [0.4, 0.5) is 0 Å². The summed E-state index contributed by atoms with van der Waals surface area (Å²) in [6.45, 7) is 4.29. The first-order valence-electron chi connectivity index (χ1n) is 12.4. The smallest absolute Gasteiger partial charge is 0.328 e. The number of hydrogen-bond donors (Lipinski definition) is 5. The topological polar surface area (TPSA) is 185 Å². The fraction of sp³-hybridized carbons (Fsp3) is 0.520. The SMILES string of the molecule is CCC(C)C(CC(=O)NO)C(=O)NCc1cn(CCCC(=O)N[C@@H](Cc2ccc(O)cc2)C(=O)OC)nn1. The maximum absolute atomic E-state index is 12.6. The van der Waals surface area contributed by atoms with Crippen molar-refractivity contribution in [3.05, 3.63) is 41.7 Å². The third-order valence-corrected chi connectivity index (χ3v) is 6.22. The molecule has 0 bridgehead atoms. The number of aryl methyl sites for hydroxylation is 1. The molecule has 3 amide bonds. The lowest BCUT2D eigenvalue weighted by Gasteiger charge is -2.21. The Kier molecular flexibility index (Phi) is 12.2. The van der Waals surface area contributed by atoms with Crippen molar-refractivity contribution in [3.63, 3.8) is 0 Å². The number of ether oxygens (including phenoxy) is 1. The Labute approximate surface area is 220 Å². The Morgan fingerprint density at radius 1 is 1.13 bits per heavy atom. The van der Waals surface area contributed by atoms with Crippen molar-refractivity contribution in [1.82, 2.24) is 31.1 Å². The molecule has 1 heterocycles. The van der Waals surface area contributed by atoms with Gasteiger partial charge in [-0.1, -0.05) is 37.6 Å². The molecule has 1 aromatic heterocycles. The number of esters is 1. The summed E-state index contributed by atoms with van der Waals surface area (Å²) in [4.78, 5) is 48.7. The van der Waals surface area contributed by atoms with Gasteiger partial charge in [-0.15, -0.1) is 5.10 Å². The lowest BCUT2D eigenvalue weighted by molar-refractivity contribution is -0.145. The van der Waals surface area contributed by atoms with Crippen molar-refractivity contribution < 1.29 is 34.2 Å². The summed E-state index contributed by atoms with van der Waals surface area (Å²) in [6, 6.07) is 5.48. The summed E-state index contributed by atoms with van der Waals surface area (Å²) in [5, 5.41) is 31.7. The summed E-state index contributed by atoms with van der Waals surface area (Å²) in [5.41, 5.74) is 2.83. The average molecular weight is 533 g/mol. The number of aromatic hydroxyl groups is 1. The highest BCUT2D eigenvalue weighted by atomic mass is 16.5. The normalized spacial score (nSPS) is 13.2. The molecular weight excluding hydrogens is 496 g/mol. The predicted molar refractivity (Wildman–Crippen MR) is 134 cm³/mol. The minimum Gasteiger partial charge on any atom is -0.508 e. The number of rotatable bonds is 15. The number of hydroxylamine groups is 1. The second-order valence-corrected chi connectivity index (χ2v) is 9.04. The molecule has 2 unspecified atom stereocenters. The Bertz CT molecular complexity index is 1070. The Morgan fingerprint density at radius 3 is 2.47 bits per heavy atom. The molecule has 13 nitrogen and oxygen atoms in total. The van der Waals surface area contributed by atoms with Crippen LogP contribution in [0.3, 0.4) is 0 Å². The molecule has 2 rings (SSSR count). The van der Waals surface area contributed by atoms with E-state index in [0.717, 1.165) is 5.56 Å². The number of phenols is 1. The second kappa shape index (κ2) is 15.3. The van der Waals surface area contributed by atoms with E-state index in [9.17, 15) is 24.3 Å². The van der Waals surface area contributed by atoms with Gasteiger partial charge in [0.05, 0.1) is 19.9 Å². The lowest BCUT2D eigenvalue weighted by Crippen LogP contribution is -2.43. The zero-order chi connectivity index (χ0) is 28.1. The van der Waals surface area contributed by atoms with Gasteiger partial charge in [-0.25, -0.2) is 10.3 Å². The molecule has 2 aromatic rings. The van der Waals surface area contributed by atoms with Crippen molar-refractivity contribution in [3.8, 4) is 5.75 Å². The largest absolute Gasteiger partial charge is 0.508 e. The molecule has 0 fully saturated rings. The van der Waals surface area contributed by atoms with Gasteiger partial charge in [-0.05, 0) is 30.0 Å². The molecule has 3 atom stereocenters. The second-order valence-electron chi connectivity index (χ2n) is 9.04. The molecule has 0 radical (unpaired) electrons. The summed E-state index contributed by atoms with van der Waals surface area (Å²) in [6.07, 6.45) is 3.01. The van der Waals surface area contributed by atoms with Crippen LogP contribution in [0.5, 0.6) is 5.75 Å². The maximum atomic E-state index is 12.6. The van der Waals surface area contributed by atoms with Crippen LogP contribution in [0.15, 0.2) is 30.5 Å². The number of nitrogens with one attached hydrogen (secondary N) is 3. The molecule has 0 saturated carbocycles. The molecule has 0 aliphatic rings. The van der Waals surface area contributed by atoms with E-state index < -0.39 is 23.8 Å². The van der Waals surface area contributed by atoms with Gasteiger partial charge in [0.2, 0.25) is 17.7 Å². The Morgan fingerprint density at radius 2 is 1.84 bits per heavy atom. The molecule has 5 N–H and O–H groups in total. The van der Waals surface area contributed by atoms with Crippen LogP contribution < -0.4 is 16.1 Å². The number of nitrogens with zero attached hydrogens (tertiary/aromatic N) is 3. The highest BCUT2D eigenvalue weighted by Gasteiger charge is 2.27. The molecular formula is C25H36N6O7. The summed E-state index contributed by atoms with van der Waals surface area (Å²) >= 11 is 0. The van der Waals surface area contributed by atoms with E-state index >= 15 is 0 Å². The van der Waals surface area contributed by atoms with Gasteiger partial charge in [0.15, 0.2) is 0 Å². The third kappa shape index (κ3) is 9.81. The standard InChI is InChI=1S/C25H36N6O7/c1-4-16(2)20(13-23(34)29-37)24(35)26-14-18-15-31(30-28-18)11-5-6-22(33)27-21(25(36)38-3)12-17-7-9-19(32)10-8-17/h7-10,15-16,20-21,32,37H,4-6,11-14H2,1-3H3,(H,26,35)(H,27,33)(H,29,34)/t16?,20?,21-/m0/s1. The van der Waals surface area contributed by atoms with Crippen LogP contribution in [-0.4, -0.2) is 62.2 Å². The van der Waals surface area contributed by atoms with Crippen molar-refractivity contribution >= 4 is 23.7 Å². The molecule has 13 heteroatoms. The van der Waals surface area contributed by atoms with Crippen LogP contribution in [0, 0.1) is 11.8 Å². The van der Waals surface area contributed by atoms with Gasteiger partial charge in [0.25, 0.3) is 0 Å². The van der Waals surface area contributed by atoms with Crippen LogP contribution in [-0.2, 0) is 43.4 Å². The number of carbonyl (C=O) groups excluding carboxylic acids is 4. The highest BCUT2D eigenvalue weighted by molar-refractivity contribution is 5.85. The van der Waals surface area contributed by atoms with E-state index in [-0.39, 0.29) is 49.3 Å². The first kappa shape index (κ1) is 30.2. The zero-order valence-electron chi connectivity index (χ0n) is 21.8. The van der Waals surface area contributed by atoms with Gasteiger partial charge in [0, 0.05) is 31.7 Å². The molecule has 0 aliphatic carbocycles. The lowest BCUT2D eigenvalue weighted by atomic mass is 9.88. The highest BCUT2D eigenvalue weighted by Crippen LogP contribution is 2.19. The van der Waals surface area contributed by atoms with Crippen molar-refractivity contribution in [2.45, 2.75) is 65.1 Å². The summed E-state index contributed by atoms with van der Waals surface area (Å²) in [5.74, 6) is -2.39. The molecule has 208 valence electrons. The van der Waals surface area contributed by atoms with Crippen LogP contribution in [0.2, 0.25) is 0 Å². The van der Waals surface area contributed by atoms with E-state index in [1.54, 1.807) is 28.5 Å². The number of methoxy groups -OCH3 is 1. The predicted octanol–water partition coefficient (Wildman–Crippen LogP) is 0.838. The van der Waals surface area contributed by atoms with Gasteiger partial charge in [-0.2, -0.15) is 0 Å². The van der Waals surface area contributed by atoms with Gasteiger partial charge < -0.3 is 20.5 Å². The Hall–Kier alpha value is -4.00. The Balaban J connectivity index is 1.82.